The molecule has 1 rings (SSSR count). The first-order chi connectivity index (χ1) is 9.98. The summed E-state index contributed by atoms with van der Waals surface area (Å²) in [4.78, 5) is 21.9. The quantitative estimate of drug-likeness (QED) is 0.393. The maximum absolute atomic E-state index is 11.9. The first-order valence-electron chi connectivity index (χ1n) is 6.93. The van der Waals surface area contributed by atoms with Crippen molar-refractivity contribution >= 4 is 27.7 Å². The predicted octanol–water partition coefficient (Wildman–Crippen LogP) is 1.17. The maximum Gasteiger partial charge on any atom is 0.340 e. The fraction of sp³-hybridized carbons (Fsp3) is 0.909. The van der Waals surface area contributed by atoms with Crippen molar-refractivity contribution in [3.63, 3.8) is 0 Å². The van der Waals surface area contributed by atoms with E-state index in [-0.39, 0.29) is 30.8 Å². The number of hydrogen-bond acceptors (Lipinski definition) is 5. The van der Waals surface area contributed by atoms with E-state index in [4.69, 9.17) is 11.6 Å². The zero-order chi connectivity index (χ0) is 15.7. The predicted molar refractivity (Wildman–Crippen MR) is 80.4 cm³/mol. The molecule has 0 radical (unpaired) electrons. The van der Waals surface area contributed by atoms with E-state index in [2.05, 4.69) is 15.3 Å². The fourth-order valence-corrected chi connectivity index (χ4v) is 3.57. The summed E-state index contributed by atoms with van der Waals surface area (Å²) in [6.07, 6.45) is 4.91. The van der Waals surface area contributed by atoms with Gasteiger partial charge < -0.3 is 5.32 Å². The van der Waals surface area contributed by atoms with Gasteiger partial charge in [-0.3, -0.25) is 0 Å². The summed E-state index contributed by atoms with van der Waals surface area (Å²) in [6, 6.07) is -0.762. The van der Waals surface area contributed by atoms with E-state index in [1.807, 2.05) is 0 Å². The summed E-state index contributed by atoms with van der Waals surface area (Å²) in [5.74, 6) is -0.163. The molecule has 0 heterocycles. The molecule has 0 aromatic carbocycles. The summed E-state index contributed by atoms with van der Waals surface area (Å²) < 4.78 is 26.4. The number of rotatable bonds is 8. The lowest BCUT2D eigenvalue weighted by molar-refractivity contribution is 0.203. The Bertz CT molecular complexity index is 440. The maximum atomic E-state index is 11.9. The molecule has 0 aromatic heterocycles. The summed E-state index contributed by atoms with van der Waals surface area (Å²) in [5, 5.41) is 5.45. The molecule has 0 saturated heterocycles. The van der Waals surface area contributed by atoms with Crippen molar-refractivity contribution in [3.8, 4) is 0 Å². The minimum Gasteiger partial charge on any atom is -0.335 e. The number of amides is 2. The average molecular weight is 341 g/mol. The van der Waals surface area contributed by atoms with Crippen molar-refractivity contribution in [2.24, 2.45) is 5.29 Å². The largest absolute Gasteiger partial charge is 0.340 e. The number of carbonyl (C=O) groups is 1. The van der Waals surface area contributed by atoms with Crippen molar-refractivity contribution in [1.29, 1.82) is 0 Å². The summed E-state index contributed by atoms with van der Waals surface area (Å²) in [5.41, 5.74) is 0. The van der Waals surface area contributed by atoms with Crippen LogP contribution in [0.3, 0.4) is 0 Å². The second-order valence-corrected chi connectivity index (χ2v) is 7.15. The van der Waals surface area contributed by atoms with Gasteiger partial charge in [-0.25, -0.2) is 17.9 Å². The van der Waals surface area contributed by atoms with E-state index in [9.17, 15) is 18.1 Å². The number of alkyl halides is 1. The number of nitrogens with one attached hydrogen (secondary N) is 2. The third-order valence-corrected chi connectivity index (χ3v) is 4.83. The van der Waals surface area contributed by atoms with Gasteiger partial charge in [0.25, 0.3) is 0 Å². The minimum absolute atomic E-state index is 0.0103. The second-order valence-electron chi connectivity index (χ2n) is 4.90. The van der Waals surface area contributed by atoms with E-state index in [1.165, 1.54) is 0 Å². The number of carbonyl (C=O) groups excluding carboxylic acids is 1. The highest BCUT2D eigenvalue weighted by molar-refractivity contribution is 7.89. The Labute approximate surface area is 129 Å². The molecule has 0 atom stereocenters. The number of nitroso groups, excluding NO2 is 1. The van der Waals surface area contributed by atoms with E-state index in [0.29, 0.717) is 5.01 Å². The Kier molecular flexibility index (Phi) is 7.91. The van der Waals surface area contributed by atoms with Gasteiger partial charge in [-0.05, 0) is 12.8 Å². The van der Waals surface area contributed by atoms with Gasteiger partial charge in [0, 0.05) is 18.5 Å². The molecule has 0 unspecified atom stereocenters. The molecule has 0 spiro atoms. The molecular formula is C11H21ClN4O4S. The van der Waals surface area contributed by atoms with Crippen molar-refractivity contribution in [1.82, 2.24) is 15.0 Å². The Morgan fingerprint density at radius 3 is 2.52 bits per heavy atom. The molecule has 0 aromatic rings. The van der Waals surface area contributed by atoms with Gasteiger partial charge in [-0.15, -0.1) is 16.5 Å². The zero-order valence-electron chi connectivity index (χ0n) is 11.8. The van der Waals surface area contributed by atoms with Crippen LogP contribution in [-0.4, -0.2) is 50.2 Å². The van der Waals surface area contributed by atoms with E-state index in [0.717, 1.165) is 32.1 Å². The molecule has 2 N–H and O–H groups in total. The summed E-state index contributed by atoms with van der Waals surface area (Å²) >= 11 is 5.41. The smallest absolute Gasteiger partial charge is 0.335 e. The van der Waals surface area contributed by atoms with Gasteiger partial charge >= 0.3 is 6.03 Å². The third-order valence-electron chi connectivity index (χ3n) is 3.23. The van der Waals surface area contributed by atoms with Gasteiger partial charge in [0.2, 0.25) is 10.0 Å². The first-order valence-corrected chi connectivity index (χ1v) is 9.12. The summed E-state index contributed by atoms with van der Waals surface area (Å²) in [6.45, 7) is -0.112. The van der Waals surface area contributed by atoms with Crippen molar-refractivity contribution in [2.45, 2.75) is 38.1 Å². The molecule has 1 saturated carbocycles. The highest BCUT2D eigenvalue weighted by Crippen LogP contribution is 2.17. The van der Waals surface area contributed by atoms with Gasteiger partial charge in [-0.1, -0.05) is 19.3 Å². The second kappa shape index (κ2) is 9.16. The van der Waals surface area contributed by atoms with Crippen LogP contribution in [0.4, 0.5) is 4.79 Å². The van der Waals surface area contributed by atoms with Crippen LogP contribution in [-0.2, 0) is 10.0 Å². The Morgan fingerprint density at radius 1 is 1.29 bits per heavy atom. The Hall–Kier alpha value is -0.930. The fourth-order valence-electron chi connectivity index (χ4n) is 2.18. The number of halogens is 1. The van der Waals surface area contributed by atoms with Crippen molar-refractivity contribution in [2.75, 3.05) is 24.7 Å². The normalized spacial score (nSPS) is 16.4. The molecule has 0 bridgehead atoms. The average Bonchev–Trinajstić information content (AvgIpc) is 2.44. The van der Waals surface area contributed by atoms with Crippen LogP contribution in [0.2, 0.25) is 0 Å². The SMILES string of the molecule is O=NN(CCCl)C(=O)NCCS(=O)(=O)NC1CCCCC1. The highest BCUT2D eigenvalue weighted by atomic mass is 35.5. The Balaban J connectivity index is 2.32. The van der Waals surface area contributed by atoms with Crippen LogP contribution in [0.1, 0.15) is 32.1 Å². The molecule has 1 aliphatic carbocycles. The van der Waals surface area contributed by atoms with Gasteiger partial charge in [0.05, 0.1) is 17.6 Å². The molecule has 0 aliphatic heterocycles. The van der Waals surface area contributed by atoms with E-state index >= 15 is 0 Å². The lowest BCUT2D eigenvalue weighted by Gasteiger charge is -2.22. The van der Waals surface area contributed by atoms with Crippen LogP contribution < -0.4 is 10.0 Å². The number of hydrogen-bond donors (Lipinski definition) is 2. The number of nitrogens with zero attached hydrogens (tertiary/aromatic N) is 2. The lowest BCUT2D eigenvalue weighted by Crippen LogP contribution is -2.43. The van der Waals surface area contributed by atoms with Gasteiger partial charge in [0.1, 0.15) is 0 Å². The van der Waals surface area contributed by atoms with Gasteiger partial charge in [-0.2, -0.15) is 5.01 Å². The van der Waals surface area contributed by atoms with Crippen molar-refractivity contribution < 1.29 is 13.2 Å². The van der Waals surface area contributed by atoms with E-state index < -0.39 is 16.1 Å². The number of sulfonamides is 1. The third kappa shape index (κ3) is 7.05. The van der Waals surface area contributed by atoms with E-state index in [1.54, 1.807) is 0 Å². The zero-order valence-corrected chi connectivity index (χ0v) is 13.3. The molecule has 1 aliphatic rings. The van der Waals surface area contributed by atoms with Crippen LogP contribution >= 0.6 is 11.6 Å². The first kappa shape index (κ1) is 18.1. The molecule has 2 amide bonds. The molecular weight excluding hydrogens is 320 g/mol. The number of urea groups is 1. The molecule has 1 fully saturated rings. The van der Waals surface area contributed by atoms with Crippen LogP contribution in [0.15, 0.2) is 5.29 Å². The van der Waals surface area contributed by atoms with Gasteiger partial charge in [0.15, 0.2) is 0 Å². The summed E-state index contributed by atoms with van der Waals surface area (Å²) in [7, 11) is -3.44. The minimum atomic E-state index is -3.44. The highest BCUT2D eigenvalue weighted by Gasteiger charge is 2.20. The molecule has 21 heavy (non-hydrogen) atoms. The molecule has 8 nitrogen and oxygen atoms in total. The lowest BCUT2D eigenvalue weighted by atomic mass is 9.96. The monoisotopic (exact) mass is 340 g/mol. The van der Waals surface area contributed by atoms with Crippen LogP contribution in [0, 0.1) is 4.91 Å². The van der Waals surface area contributed by atoms with Crippen LogP contribution in [0.25, 0.3) is 0 Å². The Morgan fingerprint density at radius 2 is 1.95 bits per heavy atom. The standard InChI is InChI=1S/C11H21ClN4O4S/c12-6-8-16(15-18)11(17)13-7-9-21(19,20)14-10-4-2-1-3-5-10/h10,14H,1-9H2,(H,13,17). The van der Waals surface area contributed by atoms with Crippen molar-refractivity contribution in [3.05, 3.63) is 4.91 Å². The topological polar surface area (TPSA) is 108 Å². The molecule has 122 valence electrons. The molecule has 10 heteroatoms. The van der Waals surface area contributed by atoms with Crippen LogP contribution in [0.5, 0.6) is 0 Å².